The number of phenols is 1. The van der Waals surface area contributed by atoms with Crippen molar-refractivity contribution in [3.63, 3.8) is 0 Å². The van der Waals surface area contributed by atoms with E-state index in [2.05, 4.69) is 0 Å². The predicted molar refractivity (Wildman–Crippen MR) is 117 cm³/mol. The summed E-state index contributed by atoms with van der Waals surface area (Å²) >= 11 is 2.81. The Hall–Kier alpha value is -2.27. The van der Waals surface area contributed by atoms with Crippen LogP contribution in [0.4, 0.5) is 9.18 Å². The second kappa shape index (κ2) is 9.49. The van der Waals surface area contributed by atoms with Gasteiger partial charge in [-0.05, 0) is 89.3 Å². The molecule has 1 N–H and O–H groups in total. The van der Waals surface area contributed by atoms with Crippen LogP contribution in [0.1, 0.15) is 12.5 Å². The number of aromatic hydroxyl groups is 1. The molecule has 9 heteroatoms. The lowest BCUT2D eigenvalue weighted by Crippen LogP contribution is -2.32. The summed E-state index contributed by atoms with van der Waals surface area (Å²) in [5.74, 6) is 0.0258. The minimum Gasteiger partial charge on any atom is -0.504 e. The lowest BCUT2D eigenvalue weighted by Gasteiger charge is -2.13. The summed E-state index contributed by atoms with van der Waals surface area (Å²) in [5.41, 5.74) is 0.642. The Kier molecular flexibility index (Phi) is 7.01. The summed E-state index contributed by atoms with van der Waals surface area (Å²) in [6.45, 7) is 2.37. The van der Waals surface area contributed by atoms with Crippen molar-refractivity contribution in [2.75, 3.05) is 19.8 Å². The second-order valence-corrected chi connectivity index (χ2v) is 8.07. The maximum atomic E-state index is 12.9. The van der Waals surface area contributed by atoms with Gasteiger partial charge < -0.3 is 14.6 Å². The monoisotopic (exact) mass is 529 g/mol. The average molecular weight is 529 g/mol. The minimum atomic E-state index is -0.413. The first-order valence-corrected chi connectivity index (χ1v) is 10.6. The topological polar surface area (TPSA) is 76.1 Å². The molecule has 29 heavy (non-hydrogen) atoms. The summed E-state index contributed by atoms with van der Waals surface area (Å²) in [7, 11) is 0. The van der Waals surface area contributed by atoms with Crippen LogP contribution in [-0.4, -0.2) is 40.9 Å². The molecule has 2 aromatic rings. The normalized spacial score (nSPS) is 15.3. The number of carbonyl (C=O) groups excluding carboxylic acids is 2. The van der Waals surface area contributed by atoms with Crippen LogP contribution in [0.2, 0.25) is 0 Å². The Morgan fingerprint density at radius 1 is 1.21 bits per heavy atom. The zero-order chi connectivity index (χ0) is 21.0. The Morgan fingerprint density at radius 3 is 2.62 bits per heavy atom. The van der Waals surface area contributed by atoms with Gasteiger partial charge in [0.25, 0.3) is 11.1 Å². The number of thioether (sulfide) groups is 1. The van der Waals surface area contributed by atoms with Crippen molar-refractivity contribution in [1.82, 2.24) is 4.90 Å². The van der Waals surface area contributed by atoms with E-state index in [4.69, 9.17) is 9.47 Å². The summed E-state index contributed by atoms with van der Waals surface area (Å²) in [6, 6.07) is 8.81. The molecule has 3 rings (SSSR count). The first kappa shape index (κ1) is 21.4. The highest BCUT2D eigenvalue weighted by Gasteiger charge is 2.34. The number of ether oxygens (including phenoxy) is 2. The van der Waals surface area contributed by atoms with Gasteiger partial charge in [-0.3, -0.25) is 14.5 Å². The highest BCUT2D eigenvalue weighted by molar-refractivity contribution is 14.1. The lowest BCUT2D eigenvalue weighted by molar-refractivity contribution is -0.123. The van der Waals surface area contributed by atoms with Gasteiger partial charge in [-0.1, -0.05) is 0 Å². The summed E-state index contributed by atoms with van der Waals surface area (Å²) in [6.07, 6.45) is 1.59. The molecule has 2 aromatic carbocycles. The molecule has 0 radical (unpaired) electrons. The fraction of sp³-hybridized carbons (Fsp3) is 0.200. The largest absolute Gasteiger partial charge is 0.504 e. The van der Waals surface area contributed by atoms with Crippen LogP contribution < -0.4 is 9.47 Å². The molecule has 0 spiro atoms. The standard InChI is InChI=1S/C20H17FINO5S/c1-2-27-16-10-12(9-15(22)18(16)24)11-17-19(25)23(20(26)29-17)7-8-28-14-5-3-13(21)4-6-14/h3-6,9-11,24H,2,7-8H2,1H3/b17-11-. The van der Waals surface area contributed by atoms with Gasteiger partial charge in [-0.2, -0.15) is 0 Å². The molecule has 2 amide bonds. The summed E-state index contributed by atoms with van der Waals surface area (Å²) < 4.78 is 24.3. The molecular weight excluding hydrogens is 512 g/mol. The van der Waals surface area contributed by atoms with E-state index < -0.39 is 5.91 Å². The van der Waals surface area contributed by atoms with Crippen LogP contribution in [0.25, 0.3) is 6.08 Å². The van der Waals surface area contributed by atoms with Crippen LogP contribution >= 0.6 is 34.4 Å². The van der Waals surface area contributed by atoms with Gasteiger partial charge in [0, 0.05) is 0 Å². The van der Waals surface area contributed by atoms with E-state index >= 15 is 0 Å². The Bertz CT molecular complexity index is 964. The molecule has 1 fully saturated rings. The minimum absolute atomic E-state index is 0.0376. The Balaban J connectivity index is 1.69. The van der Waals surface area contributed by atoms with Crippen molar-refractivity contribution < 1.29 is 28.6 Å². The number of rotatable bonds is 7. The number of imide groups is 1. The molecule has 1 heterocycles. The zero-order valence-corrected chi connectivity index (χ0v) is 18.3. The van der Waals surface area contributed by atoms with Crippen LogP contribution in [0, 0.1) is 9.39 Å². The van der Waals surface area contributed by atoms with E-state index in [1.54, 1.807) is 25.1 Å². The molecule has 152 valence electrons. The Labute approximate surface area is 184 Å². The van der Waals surface area contributed by atoms with Crippen molar-refractivity contribution in [3.8, 4) is 17.2 Å². The second-order valence-electron chi connectivity index (χ2n) is 5.92. The average Bonchev–Trinajstić information content (AvgIpc) is 2.94. The fourth-order valence-electron chi connectivity index (χ4n) is 2.57. The van der Waals surface area contributed by atoms with Gasteiger partial charge >= 0.3 is 0 Å². The van der Waals surface area contributed by atoms with Gasteiger partial charge in [0.15, 0.2) is 11.5 Å². The summed E-state index contributed by atoms with van der Waals surface area (Å²) in [5, 5.41) is 9.65. The molecule has 0 aromatic heterocycles. The third-order valence-electron chi connectivity index (χ3n) is 3.92. The molecular formula is C20H17FINO5S. The van der Waals surface area contributed by atoms with Crippen molar-refractivity contribution in [1.29, 1.82) is 0 Å². The van der Waals surface area contributed by atoms with E-state index in [0.29, 0.717) is 27.2 Å². The van der Waals surface area contributed by atoms with Crippen molar-refractivity contribution >= 4 is 51.6 Å². The first-order valence-electron chi connectivity index (χ1n) is 8.68. The predicted octanol–water partition coefficient (Wildman–Crippen LogP) is 4.65. The molecule has 1 aliphatic heterocycles. The molecule has 6 nitrogen and oxygen atoms in total. The van der Waals surface area contributed by atoms with Gasteiger partial charge in [0.2, 0.25) is 0 Å². The van der Waals surface area contributed by atoms with Gasteiger partial charge in [-0.15, -0.1) is 0 Å². The quantitative estimate of drug-likeness (QED) is 0.416. The van der Waals surface area contributed by atoms with Crippen molar-refractivity contribution in [3.05, 3.63) is 56.3 Å². The smallest absolute Gasteiger partial charge is 0.293 e. The number of halogens is 2. The SMILES string of the molecule is CCOc1cc(/C=C2\SC(=O)N(CCOc3ccc(F)cc3)C2=O)cc(I)c1O. The van der Waals surface area contributed by atoms with Crippen LogP contribution in [0.15, 0.2) is 41.3 Å². The van der Waals surface area contributed by atoms with Crippen molar-refractivity contribution in [2.45, 2.75) is 6.92 Å². The van der Waals surface area contributed by atoms with Crippen LogP contribution in [-0.2, 0) is 4.79 Å². The van der Waals surface area contributed by atoms with Crippen LogP contribution in [0.5, 0.6) is 17.2 Å². The molecule has 0 bridgehead atoms. The third-order valence-corrected chi connectivity index (χ3v) is 5.65. The van der Waals surface area contributed by atoms with E-state index in [-0.39, 0.29) is 34.9 Å². The summed E-state index contributed by atoms with van der Waals surface area (Å²) in [4.78, 5) is 26.2. The number of hydrogen-bond donors (Lipinski definition) is 1. The zero-order valence-electron chi connectivity index (χ0n) is 15.4. The van der Waals surface area contributed by atoms with E-state index in [9.17, 15) is 19.1 Å². The third kappa shape index (κ3) is 5.21. The number of phenolic OH excluding ortho intramolecular Hbond substituents is 1. The molecule has 0 aliphatic carbocycles. The van der Waals surface area contributed by atoms with E-state index in [0.717, 1.165) is 16.7 Å². The van der Waals surface area contributed by atoms with Crippen LogP contribution in [0.3, 0.4) is 0 Å². The van der Waals surface area contributed by atoms with Gasteiger partial charge in [0.1, 0.15) is 18.2 Å². The maximum absolute atomic E-state index is 12.9. The van der Waals surface area contributed by atoms with Gasteiger partial charge in [-0.25, -0.2) is 4.39 Å². The number of amides is 2. The van der Waals surface area contributed by atoms with E-state index in [1.165, 1.54) is 24.3 Å². The lowest BCUT2D eigenvalue weighted by atomic mass is 10.2. The fourth-order valence-corrected chi connectivity index (χ4v) is 4.06. The number of carbonyl (C=O) groups is 2. The highest BCUT2D eigenvalue weighted by Crippen LogP contribution is 2.36. The molecule has 0 saturated carbocycles. The molecule has 1 saturated heterocycles. The van der Waals surface area contributed by atoms with E-state index in [1.807, 2.05) is 22.6 Å². The van der Waals surface area contributed by atoms with Gasteiger partial charge in [0.05, 0.1) is 21.6 Å². The van der Waals surface area contributed by atoms with Crippen molar-refractivity contribution in [2.24, 2.45) is 0 Å². The Morgan fingerprint density at radius 2 is 1.93 bits per heavy atom. The first-order chi connectivity index (χ1) is 13.9. The maximum Gasteiger partial charge on any atom is 0.293 e. The molecule has 0 unspecified atom stereocenters. The highest BCUT2D eigenvalue weighted by atomic mass is 127. The number of hydrogen-bond acceptors (Lipinski definition) is 6. The number of benzene rings is 2. The number of nitrogens with zero attached hydrogens (tertiary/aromatic N) is 1. The molecule has 1 aliphatic rings. The molecule has 0 atom stereocenters.